The van der Waals surface area contributed by atoms with Gasteiger partial charge in [-0.3, -0.25) is 4.79 Å². The quantitative estimate of drug-likeness (QED) is 0.555. The van der Waals surface area contributed by atoms with Gasteiger partial charge in [-0.25, -0.2) is 0 Å². The van der Waals surface area contributed by atoms with Crippen LogP contribution >= 0.6 is 0 Å². The second kappa shape index (κ2) is 8.48. The van der Waals surface area contributed by atoms with Crippen LogP contribution in [0.3, 0.4) is 0 Å². The third kappa shape index (κ3) is 5.36. The van der Waals surface area contributed by atoms with E-state index in [1.165, 1.54) is 33.0 Å². The fourth-order valence-electron chi connectivity index (χ4n) is 2.40. The number of nitrogens with zero attached hydrogens (tertiary/aromatic N) is 1. The molecule has 0 bridgehead atoms. The summed E-state index contributed by atoms with van der Waals surface area (Å²) in [6.45, 7) is 8.82. The van der Waals surface area contributed by atoms with Crippen LogP contribution in [0, 0.1) is 5.92 Å². The highest BCUT2D eigenvalue weighted by atomic mass is 16.5. The number of rotatable bonds is 7. The van der Waals surface area contributed by atoms with Gasteiger partial charge in [-0.1, -0.05) is 13.8 Å². The summed E-state index contributed by atoms with van der Waals surface area (Å²) in [6.07, 6.45) is 4.54. The fraction of sp³-hybridized carbons (Fsp3) is 0.929. The Bertz CT molecular complexity index is 238. The van der Waals surface area contributed by atoms with Crippen molar-refractivity contribution in [2.75, 3.05) is 33.3 Å². The molecule has 1 rings (SSSR count). The van der Waals surface area contributed by atoms with Gasteiger partial charge in [0, 0.05) is 0 Å². The first-order valence-corrected chi connectivity index (χ1v) is 7.21. The Labute approximate surface area is 111 Å². The van der Waals surface area contributed by atoms with E-state index in [1.807, 2.05) is 6.92 Å². The highest BCUT2D eigenvalue weighted by Gasteiger charge is 2.17. The molecule has 0 aromatic carbocycles. The van der Waals surface area contributed by atoms with E-state index in [-0.39, 0.29) is 12.0 Å². The monoisotopic (exact) mass is 256 g/mol. The van der Waals surface area contributed by atoms with Crippen molar-refractivity contribution in [3.63, 3.8) is 0 Å². The molecule has 1 atom stereocenters. The molecule has 0 aromatic rings. The van der Waals surface area contributed by atoms with Crippen molar-refractivity contribution in [2.24, 2.45) is 5.92 Å². The van der Waals surface area contributed by atoms with Crippen molar-refractivity contribution in [2.45, 2.75) is 45.6 Å². The first-order valence-electron chi connectivity index (χ1n) is 7.21. The number of piperidine rings is 1. The van der Waals surface area contributed by atoms with Gasteiger partial charge in [-0.2, -0.15) is 0 Å². The summed E-state index contributed by atoms with van der Waals surface area (Å²) in [5.74, 6) is 0.743. The lowest BCUT2D eigenvalue weighted by Gasteiger charge is -2.30. The molecule has 1 fully saturated rings. The van der Waals surface area contributed by atoms with Gasteiger partial charge in [0.05, 0.1) is 7.11 Å². The number of esters is 1. The summed E-state index contributed by atoms with van der Waals surface area (Å²) in [5.41, 5.74) is 0. The summed E-state index contributed by atoms with van der Waals surface area (Å²) in [5, 5.41) is 3.27. The number of nitrogens with one attached hydrogen (secondary N) is 1. The summed E-state index contributed by atoms with van der Waals surface area (Å²) >= 11 is 0. The number of hydrogen-bond donors (Lipinski definition) is 1. The number of likely N-dealkylation sites (tertiary alicyclic amines) is 1. The maximum Gasteiger partial charge on any atom is 0.322 e. The summed E-state index contributed by atoms with van der Waals surface area (Å²) in [7, 11) is 1.45. The van der Waals surface area contributed by atoms with Crippen LogP contribution in [-0.4, -0.2) is 50.2 Å². The van der Waals surface area contributed by atoms with Crippen LogP contribution < -0.4 is 5.32 Å². The number of carbonyl (C=O) groups excluding carboxylic acids is 1. The van der Waals surface area contributed by atoms with Gasteiger partial charge < -0.3 is 15.0 Å². The van der Waals surface area contributed by atoms with E-state index in [0.717, 1.165) is 31.8 Å². The number of ether oxygens (including phenoxy) is 1. The molecule has 1 heterocycles. The normalized spacial score (nSPS) is 19.7. The standard InChI is InChI=1S/C14H28N2O2/c1-4-13(14(17)18-3)15-8-5-9-16-10-6-12(2)7-11-16/h12-13,15H,4-11H2,1-3H3. The third-order valence-corrected chi connectivity index (χ3v) is 3.81. The van der Waals surface area contributed by atoms with Crippen molar-refractivity contribution < 1.29 is 9.53 Å². The van der Waals surface area contributed by atoms with E-state index in [9.17, 15) is 4.79 Å². The second-order valence-electron chi connectivity index (χ2n) is 5.32. The average Bonchev–Trinajstić information content (AvgIpc) is 2.40. The topological polar surface area (TPSA) is 41.6 Å². The molecular weight excluding hydrogens is 228 g/mol. The van der Waals surface area contributed by atoms with Crippen molar-refractivity contribution in [1.82, 2.24) is 10.2 Å². The molecule has 106 valence electrons. The third-order valence-electron chi connectivity index (χ3n) is 3.81. The maximum absolute atomic E-state index is 11.4. The molecule has 0 saturated carbocycles. The predicted molar refractivity (Wildman–Crippen MR) is 73.6 cm³/mol. The van der Waals surface area contributed by atoms with Crippen LogP contribution in [0.1, 0.15) is 39.5 Å². The van der Waals surface area contributed by atoms with Crippen LogP contribution in [0.2, 0.25) is 0 Å². The molecule has 0 radical (unpaired) electrons. The summed E-state index contributed by atoms with van der Waals surface area (Å²) in [4.78, 5) is 13.9. The van der Waals surface area contributed by atoms with E-state index in [2.05, 4.69) is 17.1 Å². The lowest BCUT2D eigenvalue weighted by Crippen LogP contribution is -2.39. The molecule has 0 spiro atoms. The average molecular weight is 256 g/mol. The molecule has 1 aliphatic rings. The summed E-state index contributed by atoms with van der Waals surface area (Å²) < 4.78 is 4.75. The largest absolute Gasteiger partial charge is 0.468 e. The van der Waals surface area contributed by atoms with Gasteiger partial charge in [0.2, 0.25) is 0 Å². The van der Waals surface area contributed by atoms with E-state index < -0.39 is 0 Å². The SMILES string of the molecule is CCC(NCCCN1CCC(C)CC1)C(=O)OC. The smallest absolute Gasteiger partial charge is 0.322 e. The minimum atomic E-state index is -0.149. The number of carbonyl (C=O) groups is 1. The Hall–Kier alpha value is -0.610. The van der Waals surface area contributed by atoms with Crippen LogP contribution in [0.4, 0.5) is 0 Å². The van der Waals surface area contributed by atoms with Gasteiger partial charge in [-0.15, -0.1) is 0 Å². The Morgan fingerprint density at radius 2 is 2.11 bits per heavy atom. The maximum atomic E-state index is 11.4. The molecule has 0 aliphatic carbocycles. The van der Waals surface area contributed by atoms with Crippen molar-refractivity contribution in [1.29, 1.82) is 0 Å². The Balaban J connectivity index is 2.08. The van der Waals surface area contributed by atoms with E-state index >= 15 is 0 Å². The zero-order valence-electron chi connectivity index (χ0n) is 12.1. The molecular formula is C14H28N2O2. The first-order chi connectivity index (χ1) is 8.67. The van der Waals surface area contributed by atoms with E-state index in [4.69, 9.17) is 4.74 Å². The van der Waals surface area contributed by atoms with E-state index in [1.54, 1.807) is 0 Å². The highest BCUT2D eigenvalue weighted by Crippen LogP contribution is 2.15. The zero-order chi connectivity index (χ0) is 13.4. The molecule has 18 heavy (non-hydrogen) atoms. The zero-order valence-corrected chi connectivity index (χ0v) is 12.1. The van der Waals surface area contributed by atoms with Crippen LogP contribution in [0.15, 0.2) is 0 Å². The van der Waals surface area contributed by atoms with Gasteiger partial charge >= 0.3 is 5.97 Å². The molecule has 0 aromatic heterocycles. The Kier molecular flexibility index (Phi) is 7.28. The molecule has 1 aliphatic heterocycles. The van der Waals surface area contributed by atoms with Crippen LogP contribution in [0.25, 0.3) is 0 Å². The van der Waals surface area contributed by atoms with Gasteiger partial charge in [-0.05, 0) is 57.8 Å². The van der Waals surface area contributed by atoms with Gasteiger partial charge in [0.1, 0.15) is 6.04 Å². The Morgan fingerprint density at radius 3 is 2.67 bits per heavy atom. The molecule has 0 amide bonds. The van der Waals surface area contributed by atoms with Crippen LogP contribution in [0.5, 0.6) is 0 Å². The fourth-order valence-corrected chi connectivity index (χ4v) is 2.40. The van der Waals surface area contributed by atoms with E-state index in [0.29, 0.717) is 0 Å². The van der Waals surface area contributed by atoms with Crippen LogP contribution in [-0.2, 0) is 9.53 Å². The molecule has 1 saturated heterocycles. The second-order valence-corrected chi connectivity index (χ2v) is 5.32. The minimum Gasteiger partial charge on any atom is -0.468 e. The van der Waals surface area contributed by atoms with Crippen molar-refractivity contribution in [3.8, 4) is 0 Å². The molecule has 1 N–H and O–H groups in total. The highest BCUT2D eigenvalue weighted by molar-refractivity contribution is 5.75. The first kappa shape index (κ1) is 15.4. The molecule has 4 nitrogen and oxygen atoms in total. The lowest BCUT2D eigenvalue weighted by molar-refractivity contribution is -0.143. The van der Waals surface area contributed by atoms with Crippen molar-refractivity contribution in [3.05, 3.63) is 0 Å². The molecule has 1 unspecified atom stereocenters. The Morgan fingerprint density at radius 1 is 1.44 bits per heavy atom. The number of hydrogen-bond acceptors (Lipinski definition) is 4. The summed E-state index contributed by atoms with van der Waals surface area (Å²) in [6, 6.07) is -0.142. The lowest BCUT2D eigenvalue weighted by atomic mass is 9.99. The van der Waals surface area contributed by atoms with Gasteiger partial charge in [0.15, 0.2) is 0 Å². The van der Waals surface area contributed by atoms with Gasteiger partial charge in [0.25, 0.3) is 0 Å². The minimum absolute atomic E-state index is 0.142. The predicted octanol–water partition coefficient (Wildman–Crippen LogP) is 1.65. The van der Waals surface area contributed by atoms with Crippen molar-refractivity contribution >= 4 is 5.97 Å². The number of methoxy groups -OCH3 is 1. The molecule has 4 heteroatoms.